The van der Waals surface area contributed by atoms with Crippen molar-refractivity contribution in [3.63, 3.8) is 0 Å². The fraction of sp³-hybridized carbons (Fsp3) is 0.950. The van der Waals surface area contributed by atoms with E-state index in [9.17, 15) is 0 Å². The van der Waals surface area contributed by atoms with Crippen LogP contribution < -0.4 is 0 Å². The van der Waals surface area contributed by atoms with E-state index in [1.54, 1.807) is 0 Å². The van der Waals surface area contributed by atoms with Gasteiger partial charge < -0.3 is 4.90 Å². The van der Waals surface area contributed by atoms with Gasteiger partial charge in [-0.15, -0.1) is 0 Å². The van der Waals surface area contributed by atoms with Gasteiger partial charge in [0.2, 0.25) is 0 Å². The lowest BCUT2D eigenvalue weighted by molar-refractivity contribution is 0.313. The summed E-state index contributed by atoms with van der Waals surface area (Å²) in [5.74, 6) is 1.98. The highest BCUT2D eigenvalue weighted by Crippen LogP contribution is 2.27. The van der Waals surface area contributed by atoms with Gasteiger partial charge in [-0.1, -0.05) is 65.2 Å². The molecule has 1 aliphatic rings. The van der Waals surface area contributed by atoms with E-state index in [4.69, 9.17) is 4.99 Å². The van der Waals surface area contributed by atoms with Crippen molar-refractivity contribution in [1.82, 2.24) is 4.90 Å². The van der Waals surface area contributed by atoms with Crippen LogP contribution in [0.5, 0.6) is 0 Å². The summed E-state index contributed by atoms with van der Waals surface area (Å²) in [4.78, 5) is 7.54. The average Bonchev–Trinajstić information content (AvgIpc) is 2.78. The van der Waals surface area contributed by atoms with Crippen molar-refractivity contribution in [3.8, 4) is 0 Å². The first-order valence-corrected chi connectivity index (χ1v) is 9.73. The molecule has 0 saturated heterocycles. The minimum absolute atomic E-state index is 0.104. The van der Waals surface area contributed by atoms with Crippen molar-refractivity contribution < 1.29 is 0 Å². The third-order valence-electron chi connectivity index (χ3n) is 4.82. The topological polar surface area (TPSA) is 15.6 Å². The molecule has 2 heteroatoms. The predicted molar refractivity (Wildman–Crippen MR) is 99.7 cm³/mol. The molecule has 0 N–H and O–H groups in total. The Morgan fingerprint density at radius 1 is 0.955 bits per heavy atom. The largest absolute Gasteiger partial charge is 0.355 e. The number of aliphatic imine (C=N–C) groups is 1. The highest BCUT2D eigenvalue weighted by Gasteiger charge is 2.34. The molecular formula is C20H40N2. The maximum absolute atomic E-state index is 5.01. The Balaban J connectivity index is 2.25. The first-order chi connectivity index (χ1) is 10.4. The zero-order valence-electron chi connectivity index (χ0n) is 16.1. The molecule has 0 amide bonds. The normalized spacial score (nSPS) is 18.9. The number of hydrogen-bond acceptors (Lipinski definition) is 2. The van der Waals surface area contributed by atoms with Gasteiger partial charge in [-0.25, -0.2) is 0 Å². The van der Waals surface area contributed by atoms with E-state index in [2.05, 4.69) is 46.4 Å². The summed E-state index contributed by atoms with van der Waals surface area (Å²) in [7, 11) is 0. The molecule has 0 saturated carbocycles. The van der Waals surface area contributed by atoms with Gasteiger partial charge in [0.05, 0.1) is 5.54 Å². The second-order valence-electron chi connectivity index (χ2n) is 8.17. The summed E-state index contributed by atoms with van der Waals surface area (Å²) in [5.41, 5.74) is 0.104. The van der Waals surface area contributed by atoms with E-state index >= 15 is 0 Å². The molecule has 0 aromatic carbocycles. The molecule has 1 rings (SSSR count). The monoisotopic (exact) mass is 308 g/mol. The highest BCUT2D eigenvalue weighted by molar-refractivity contribution is 5.86. The van der Waals surface area contributed by atoms with Gasteiger partial charge in [0, 0.05) is 18.5 Å². The Hall–Kier alpha value is -0.530. The molecule has 0 fully saturated rings. The molecule has 0 aromatic heterocycles. The number of hydrogen-bond donors (Lipinski definition) is 0. The van der Waals surface area contributed by atoms with Gasteiger partial charge in [-0.2, -0.15) is 0 Å². The van der Waals surface area contributed by atoms with Crippen LogP contribution >= 0.6 is 0 Å². The lowest BCUT2D eigenvalue weighted by Crippen LogP contribution is -2.39. The SMILES string of the molecule is CCCCCCCCCCC(C)C1=NC(C)(C)CN1C(C)C. The van der Waals surface area contributed by atoms with Gasteiger partial charge >= 0.3 is 0 Å². The van der Waals surface area contributed by atoms with Crippen LogP contribution in [0.2, 0.25) is 0 Å². The van der Waals surface area contributed by atoms with E-state index in [0.717, 1.165) is 6.54 Å². The molecule has 0 radical (unpaired) electrons. The van der Waals surface area contributed by atoms with Crippen molar-refractivity contribution in [3.05, 3.63) is 0 Å². The predicted octanol–water partition coefficient (Wildman–Crippen LogP) is 6.05. The molecule has 1 aliphatic heterocycles. The fourth-order valence-corrected chi connectivity index (χ4v) is 3.46. The van der Waals surface area contributed by atoms with Gasteiger partial charge in [0.25, 0.3) is 0 Å². The van der Waals surface area contributed by atoms with Crippen LogP contribution in [0, 0.1) is 5.92 Å². The Morgan fingerprint density at radius 3 is 2.05 bits per heavy atom. The zero-order chi connectivity index (χ0) is 16.6. The second-order valence-corrected chi connectivity index (χ2v) is 8.17. The Labute approximate surface area is 139 Å². The summed E-state index contributed by atoms with van der Waals surface area (Å²) < 4.78 is 0. The molecule has 0 aromatic rings. The standard InChI is InChI=1S/C20H40N2/c1-7-8-9-10-11-12-13-14-15-18(4)19-21-20(5,6)16-22(19)17(2)3/h17-18H,7-16H2,1-6H3. The minimum atomic E-state index is 0.104. The molecule has 1 heterocycles. The number of nitrogens with zero attached hydrogens (tertiary/aromatic N) is 2. The van der Waals surface area contributed by atoms with Crippen molar-refractivity contribution in [2.24, 2.45) is 10.9 Å². The molecular weight excluding hydrogens is 268 g/mol. The van der Waals surface area contributed by atoms with Crippen molar-refractivity contribution in [1.29, 1.82) is 0 Å². The van der Waals surface area contributed by atoms with Gasteiger partial charge in [0.1, 0.15) is 5.84 Å². The number of unbranched alkanes of at least 4 members (excludes halogenated alkanes) is 7. The van der Waals surface area contributed by atoms with Crippen LogP contribution in [0.15, 0.2) is 4.99 Å². The van der Waals surface area contributed by atoms with Crippen molar-refractivity contribution >= 4 is 5.84 Å². The number of rotatable bonds is 11. The van der Waals surface area contributed by atoms with Crippen molar-refractivity contribution in [2.45, 2.75) is 111 Å². The third kappa shape index (κ3) is 6.71. The third-order valence-corrected chi connectivity index (χ3v) is 4.82. The molecule has 22 heavy (non-hydrogen) atoms. The minimum Gasteiger partial charge on any atom is -0.355 e. The first kappa shape index (κ1) is 19.5. The molecule has 1 unspecified atom stereocenters. The molecule has 130 valence electrons. The number of amidine groups is 1. The zero-order valence-corrected chi connectivity index (χ0v) is 16.1. The average molecular weight is 309 g/mol. The molecule has 2 nitrogen and oxygen atoms in total. The van der Waals surface area contributed by atoms with Crippen LogP contribution in [0.25, 0.3) is 0 Å². The lowest BCUT2D eigenvalue weighted by atomic mass is 9.99. The van der Waals surface area contributed by atoms with E-state index in [1.165, 1.54) is 63.6 Å². The lowest BCUT2D eigenvalue weighted by Gasteiger charge is -2.29. The van der Waals surface area contributed by atoms with Crippen LogP contribution in [-0.4, -0.2) is 28.9 Å². The quantitative estimate of drug-likeness (QED) is 0.424. The van der Waals surface area contributed by atoms with E-state index in [-0.39, 0.29) is 5.54 Å². The molecule has 0 bridgehead atoms. The van der Waals surface area contributed by atoms with Gasteiger partial charge in [-0.05, 0) is 34.1 Å². The first-order valence-electron chi connectivity index (χ1n) is 9.73. The van der Waals surface area contributed by atoms with E-state index in [1.807, 2.05) is 0 Å². The van der Waals surface area contributed by atoms with Gasteiger partial charge in [0.15, 0.2) is 0 Å². The van der Waals surface area contributed by atoms with E-state index < -0.39 is 0 Å². The summed E-state index contributed by atoms with van der Waals surface area (Å²) in [6.07, 6.45) is 12.5. The summed E-state index contributed by atoms with van der Waals surface area (Å²) >= 11 is 0. The summed E-state index contributed by atoms with van der Waals surface area (Å²) in [5, 5.41) is 0. The maximum Gasteiger partial charge on any atom is 0.103 e. The summed E-state index contributed by atoms with van der Waals surface area (Å²) in [6.45, 7) is 14.9. The molecule has 1 atom stereocenters. The maximum atomic E-state index is 5.01. The van der Waals surface area contributed by atoms with E-state index in [0.29, 0.717) is 12.0 Å². The Kier molecular flexibility index (Phi) is 8.49. The van der Waals surface area contributed by atoms with Gasteiger partial charge in [-0.3, -0.25) is 4.99 Å². The van der Waals surface area contributed by atoms with Crippen molar-refractivity contribution in [2.75, 3.05) is 6.54 Å². The Morgan fingerprint density at radius 2 is 1.50 bits per heavy atom. The fourth-order valence-electron chi connectivity index (χ4n) is 3.46. The second kappa shape index (κ2) is 9.57. The molecule has 0 aliphatic carbocycles. The highest BCUT2D eigenvalue weighted by atomic mass is 15.3. The van der Waals surface area contributed by atoms with Crippen LogP contribution in [-0.2, 0) is 0 Å². The summed E-state index contributed by atoms with van der Waals surface area (Å²) in [6, 6.07) is 0.571. The Bertz CT molecular complexity index is 331. The van der Waals surface area contributed by atoms with Crippen LogP contribution in [0.1, 0.15) is 99.3 Å². The molecule has 0 spiro atoms. The van der Waals surface area contributed by atoms with Crippen LogP contribution in [0.4, 0.5) is 0 Å². The smallest absolute Gasteiger partial charge is 0.103 e. The van der Waals surface area contributed by atoms with Crippen LogP contribution in [0.3, 0.4) is 0 Å².